The highest BCUT2D eigenvalue weighted by Crippen LogP contribution is 2.20. The van der Waals surface area contributed by atoms with Crippen molar-refractivity contribution in [1.29, 1.82) is 0 Å². The molecule has 0 unspecified atom stereocenters. The molecule has 0 heterocycles. The first kappa shape index (κ1) is 12.7. The lowest BCUT2D eigenvalue weighted by Crippen LogP contribution is -2.26. The molecule has 3 nitrogen and oxygen atoms in total. The SMILES string of the molecule is CC(C)c1ccccc1C[C@@H](N)CC(=O)O. The smallest absolute Gasteiger partial charge is 0.304 e. The lowest BCUT2D eigenvalue weighted by atomic mass is 9.93. The molecule has 1 rings (SSSR count). The Balaban J connectivity index is 2.76. The molecule has 3 heteroatoms. The van der Waals surface area contributed by atoms with Crippen LogP contribution in [0.15, 0.2) is 24.3 Å². The fourth-order valence-corrected chi connectivity index (χ4v) is 1.86. The van der Waals surface area contributed by atoms with Gasteiger partial charge in [-0.3, -0.25) is 4.79 Å². The van der Waals surface area contributed by atoms with Crippen molar-refractivity contribution in [3.8, 4) is 0 Å². The summed E-state index contributed by atoms with van der Waals surface area (Å²) in [6, 6.07) is 7.76. The highest BCUT2D eigenvalue weighted by atomic mass is 16.4. The minimum Gasteiger partial charge on any atom is -0.481 e. The maximum atomic E-state index is 10.5. The molecule has 0 bridgehead atoms. The predicted octanol–water partition coefficient (Wildman–Crippen LogP) is 2.15. The van der Waals surface area contributed by atoms with E-state index in [-0.39, 0.29) is 12.5 Å². The van der Waals surface area contributed by atoms with Gasteiger partial charge in [0.15, 0.2) is 0 Å². The number of rotatable bonds is 5. The van der Waals surface area contributed by atoms with Gasteiger partial charge in [0.05, 0.1) is 6.42 Å². The Morgan fingerprint density at radius 1 is 1.38 bits per heavy atom. The Morgan fingerprint density at radius 3 is 2.56 bits per heavy atom. The Labute approximate surface area is 96.3 Å². The van der Waals surface area contributed by atoms with E-state index in [2.05, 4.69) is 19.9 Å². The first-order valence-electron chi connectivity index (χ1n) is 5.56. The zero-order valence-electron chi connectivity index (χ0n) is 9.81. The standard InChI is InChI=1S/C13H19NO2/c1-9(2)12-6-4-3-5-10(12)7-11(14)8-13(15)16/h3-6,9,11H,7-8,14H2,1-2H3,(H,15,16)/t11-/m1/s1. The third-order valence-corrected chi connectivity index (χ3v) is 2.60. The van der Waals surface area contributed by atoms with E-state index < -0.39 is 5.97 Å². The van der Waals surface area contributed by atoms with Crippen molar-refractivity contribution in [3.05, 3.63) is 35.4 Å². The average Bonchev–Trinajstić information content (AvgIpc) is 2.16. The van der Waals surface area contributed by atoms with Crippen LogP contribution in [0.1, 0.15) is 37.3 Å². The van der Waals surface area contributed by atoms with Crippen LogP contribution in [0.5, 0.6) is 0 Å². The summed E-state index contributed by atoms with van der Waals surface area (Å²) < 4.78 is 0. The molecule has 1 aromatic rings. The summed E-state index contributed by atoms with van der Waals surface area (Å²) in [5.41, 5.74) is 8.21. The quantitative estimate of drug-likeness (QED) is 0.800. The number of hydrogen-bond donors (Lipinski definition) is 2. The van der Waals surface area contributed by atoms with Crippen LogP contribution in [0.2, 0.25) is 0 Å². The molecule has 3 N–H and O–H groups in total. The largest absolute Gasteiger partial charge is 0.481 e. The zero-order valence-corrected chi connectivity index (χ0v) is 9.81. The zero-order chi connectivity index (χ0) is 12.1. The van der Waals surface area contributed by atoms with E-state index in [0.29, 0.717) is 12.3 Å². The first-order chi connectivity index (χ1) is 7.50. The van der Waals surface area contributed by atoms with Gasteiger partial charge in [0, 0.05) is 6.04 Å². The summed E-state index contributed by atoms with van der Waals surface area (Å²) in [5.74, 6) is -0.400. The first-order valence-corrected chi connectivity index (χ1v) is 5.56. The van der Waals surface area contributed by atoms with Gasteiger partial charge in [0.25, 0.3) is 0 Å². The number of carboxylic acid groups (broad SMARTS) is 1. The summed E-state index contributed by atoms with van der Waals surface area (Å²) in [4.78, 5) is 10.5. The van der Waals surface area contributed by atoms with E-state index in [1.807, 2.05) is 18.2 Å². The number of aliphatic carboxylic acids is 1. The van der Waals surface area contributed by atoms with Crippen molar-refractivity contribution in [1.82, 2.24) is 0 Å². The summed E-state index contributed by atoms with van der Waals surface area (Å²) in [6.07, 6.45) is 0.646. The highest BCUT2D eigenvalue weighted by Gasteiger charge is 2.12. The molecule has 88 valence electrons. The third-order valence-electron chi connectivity index (χ3n) is 2.60. The molecule has 0 saturated heterocycles. The Hall–Kier alpha value is -1.35. The van der Waals surface area contributed by atoms with Crippen LogP contribution in [-0.2, 0) is 11.2 Å². The second kappa shape index (κ2) is 5.66. The topological polar surface area (TPSA) is 63.3 Å². The molecule has 0 fully saturated rings. The van der Waals surface area contributed by atoms with E-state index in [9.17, 15) is 4.79 Å². The molecule has 1 aromatic carbocycles. The van der Waals surface area contributed by atoms with E-state index in [4.69, 9.17) is 10.8 Å². The molecular formula is C13H19NO2. The molecule has 16 heavy (non-hydrogen) atoms. The van der Waals surface area contributed by atoms with Crippen molar-refractivity contribution in [2.75, 3.05) is 0 Å². The molecule has 0 aromatic heterocycles. The lowest BCUT2D eigenvalue weighted by molar-refractivity contribution is -0.137. The van der Waals surface area contributed by atoms with Crippen LogP contribution in [0.3, 0.4) is 0 Å². The van der Waals surface area contributed by atoms with E-state index in [1.54, 1.807) is 0 Å². The second-order valence-corrected chi connectivity index (χ2v) is 4.42. The molecule has 0 radical (unpaired) electrons. The van der Waals surface area contributed by atoms with Gasteiger partial charge in [-0.05, 0) is 23.5 Å². The third kappa shape index (κ3) is 3.66. The number of hydrogen-bond acceptors (Lipinski definition) is 2. The van der Waals surface area contributed by atoms with Crippen LogP contribution < -0.4 is 5.73 Å². The summed E-state index contributed by atoms with van der Waals surface area (Å²) in [6.45, 7) is 4.25. The molecule has 0 aliphatic carbocycles. The molecule has 0 saturated carbocycles. The highest BCUT2D eigenvalue weighted by molar-refractivity contribution is 5.67. The van der Waals surface area contributed by atoms with E-state index >= 15 is 0 Å². The number of carbonyl (C=O) groups is 1. The normalized spacial score (nSPS) is 12.8. The molecule has 1 atom stereocenters. The molecule has 0 amide bonds. The summed E-state index contributed by atoms with van der Waals surface area (Å²) in [7, 11) is 0. The lowest BCUT2D eigenvalue weighted by Gasteiger charge is -2.15. The molecule has 0 aliphatic heterocycles. The van der Waals surface area contributed by atoms with E-state index in [0.717, 1.165) is 5.56 Å². The Bertz CT molecular complexity index is 361. The van der Waals surface area contributed by atoms with Crippen LogP contribution in [-0.4, -0.2) is 17.1 Å². The van der Waals surface area contributed by atoms with Crippen LogP contribution in [0, 0.1) is 0 Å². The fourth-order valence-electron chi connectivity index (χ4n) is 1.86. The van der Waals surface area contributed by atoms with Crippen molar-refractivity contribution >= 4 is 5.97 Å². The van der Waals surface area contributed by atoms with Crippen molar-refractivity contribution in [2.24, 2.45) is 5.73 Å². The Kier molecular flexibility index (Phi) is 4.50. The van der Waals surface area contributed by atoms with Gasteiger partial charge in [0.1, 0.15) is 0 Å². The van der Waals surface area contributed by atoms with Gasteiger partial charge in [-0.2, -0.15) is 0 Å². The minimum atomic E-state index is -0.838. The monoisotopic (exact) mass is 221 g/mol. The Morgan fingerprint density at radius 2 is 2.00 bits per heavy atom. The van der Waals surface area contributed by atoms with Gasteiger partial charge in [-0.25, -0.2) is 0 Å². The van der Waals surface area contributed by atoms with E-state index in [1.165, 1.54) is 5.56 Å². The van der Waals surface area contributed by atoms with Gasteiger partial charge < -0.3 is 10.8 Å². The van der Waals surface area contributed by atoms with Gasteiger partial charge in [-0.1, -0.05) is 38.1 Å². The van der Waals surface area contributed by atoms with Crippen LogP contribution >= 0.6 is 0 Å². The maximum absolute atomic E-state index is 10.5. The summed E-state index contributed by atoms with van der Waals surface area (Å²) in [5, 5.41) is 8.66. The number of benzene rings is 1. The molecular weight excluding hydrogens is 202 g/mol. The fraction of sp³-hybridized carbons (Fsp3) is 0.462. The maximum Gasteiger partial charge on any atom is 0.304 e. The molecule has 0 spiro atoms. The number of nitrogens with two attached hydrogens (primary N) is 1. The van der Waals surface area contributed by atoms with Crippen LogP contribution in [0.4, 0.5) is 0 Å². The van der Waals surface area contributed by atoms with Gasteiger partial charge in [-0.15, -0.1) is 0 Å². The van der Waals surface area contributed by atoms with Gasteiger partial charge in [0.2, 0.25) is 0 Å². The molecule has 0 aliphatic rings. The predicted molar refractivity (Wildman–Crippen MR) is 64.5 cm³/mol. The van der Waals surface area contributed by atoms with Crippen molar-refractivity contribution in [3.63, 3.8) is 0 Å². The minimum absolute atomic E-state index is 0.0203. The summed E-state index contributed by atoms with van der Waals surface area (Å²) >= 11 is 0. The second-order valence-electron chi connectivity index (χ2n) is 4.42. The number of carboxylic acids is 1. The van der Waals surface area contributed by atoms with Crippen LogP contribution in [0.25, 0.3) is 0 Å². The van der Waals surface area contributed by atoms with Gasteiger partial charge >= 0.3 is 5.97 Å². The average molecular weight is 221 g/mol. The van der Waals surface area contributed by atoms with Crippen molar-refractivity contribution in [2.45, 2.75) is 38.6 Å². The van der Waals surface area contributed by atoms with Crippen molar-refractivity contribution < 1.29 is 9.90 Å².